The average Bonchev–Trinajstić information content (AvgIpc) is 2.51. The van der Waals surface area contributed by atoms with Crippen LogP contribution in [0.15, 0.2) is 12.3 Å². The summed E-state index contributed by atoms with van der Waals surface area (Å²) in [5.74, 6) is -0.931. The summed E-state index contributed by atoms with van der Waals surface area (Å²) in [5, 5.41) is 11.4. The molecule has 4 nitrogen and oxygen atoms in total. The van der Waals surface area contributed by atoms with Crippen molar-refractivity contribution in [2.24, 2.45) is 0 Å². The van der Waals surface area contributed by atoms with E-state index in [1.54, 1.807) is 7.11 Å². The molecule has 4 heteroatoms. The molecule has 0 radical (unpaired) electrons. The van der Waals surface area contributed by atoms with E-state index in [4.69, 9.17) is 9.84 Å². The lowest BCUT2D eigenvalue weighted by molar-refractivity contribution is -0.131. The number of aliphatic carboxylic acids is 1. The van der Waals surface area contributed by atoms with Gasteiger partial charge in [0.1, 0.15) is 0 Å². The molecular formula is C9H15NO3. The highest BCUT2D eigenvalue weighted by Crippen LogP contribution is 2.21. The normalized spacial score (nSPS) is 28.1. The van der Waals surface area contributed by atoms with Crippen molar-refractivity contribution >= 4 is 5.97 Å². The summed E-state index contributed by atoms with van der Waals surface area (Å²) < 4.78 is 5.24. The molecule has 2 unspecified atom stereocenters. The molecule has 1 aliphatic rings. The zero-order valence-corrected chi connectivity index (χ0v) is 7.69. The van der Waals surface area contributed by atoms with Crippen molar-refractivity contribution in [3.63, 3.8) is 0 Å². The van der Waals surface area contributed by atoms with Crippen LogP contribution in [0.25, 0.3) is 0 Å². The van der Waals surface area contributed by atoms with Crippen molar-refractivity contribution in [2.45, 2.75) is 31.4 Å². The van der Waals surface area contributed by atoms with Gasteiger partial charge in [-0.1, -0.05) is 0 Å². The third-order valence-corrected chi connectivity index (χ3v) is 2.29. The van der Waals surface area contributed by atoms with Crippen LogP contribution in [0.2, 0.25) is 0 Å². The molecule has 0 saturated heterocycles. The quantitative estimate of drug-likeness (QED) is 0.634. The van der Waals surface area contributed by atoms with Crippen LogP contribution in [0, 0.1) is 0 Å². The Balaban J connectivity index is 2.31. The minimum atomic E-state index is -0.931. The molecule has 13 heavy (non-hydrogen) atoms. The second-order valence-electron chi connectivity index (χ2n) is 3.15. The molecule has 74 valence electrons. The standard InChI is InChI=1S/C9H15NO3/c1-13-8-4-2-3-7(8)10-6-5-9(11)12/h5-8,10H,2-4H2,1H3,(H,11,12)/b6-5+. The summed E-state index contributed by atoms with van der Waals surface area (Å²) in [5.41, 5.74) is 0. The predicted molar refractivity (Wildman–Crippen MR) is 48.3 cm³/mol. The first-order valence-corrected chi connectivity index (χ1v) is 4.42. The lowest BCUT2D eigenvalue weighted by Crippen LogP contribution is -2.33. The maximum atomic E-state index is 10.2. The molecule has 0 spiro atoms. The van der Waals surface area contributed by atoms with E-state index < -0.39 is 5.97 Å². The van der Waals surface area contributed by atoms with E-state index in [0.717, 1.165) is 25.3 Å². The number of rotatable bonds is 4. The van der Waals surface area contributed by atoms with Crippen LogP contribution in [0.3, 0.4) is 0 Å². The Labute approximate surface area is 77.6 Å². The van der Waals surface area contributed by atoms with Crippen molar-refractivity contribution in [1.82, 2.24) is 5.32 Å². The van der Waals surface area contributed by atoms with Crippen LogP contribution >= 0.6 is 0 Å². The van der Waals surface area contributed by atoms with E-state index in [0.29, 0.717) is 0 Å². The molecule has 2 atom stereocenters. The van der Waals surface area contributed by atoms with Gasteiger partial charge in [-0.05, 0) is 19.3 Å². The van der Waals surface area contributed by atoms with Crippen molar-refractivity contribution in [3.05, 3.63) is 12.3 Å². The highest BCUT2D eigenvalue weighted by atomic mass is 16.5. The molecule has 0 aromatic carbocycles. The van der Waals surface area contributed by atoms with Gasteiger partial charge in [0.2, 0.25) is 0 Å². The summed E-state index contributed by atoms with van der Waals surface area (Å²) in [6.07, 6.45) is 6.03. The summed E-state index contributed by atoms with van der Waals surface area (Å²) >= 11 is 0. The molecule has 1 rings (SSSR count). The smallest absolute Gasteiger partial charge is 0.329 e. The van der Waals surface area contributed by atoms with E-state index in [1.165, 1.54) is 6.20 Å². The Morgan fingerprint density at radius 1 is 1.62 bits per heavy atom. The highest BCUT2D eigenvalue weighted by Gasteiger charge is 2.25. The molecule has 0 heterocycles. The molecule has 1 saturated carbocycles. The van der Waals surface area contributed by atoms with Crippen LogP contribution in [0.1, 0.15) is 19.3 Å². The maximum absolute atomic E-state index is 10.2. The fourth-order valence-electron chi connectivity index (χ4n) is 1.64. The number of nitrogens with one attached hydrogen (secondary N) is 1. The monoisotopic (exact) mass is 185 g/mol. The first-order chi connectivity index (χ1) is 6.24. The van der Waals surface area contributed by atoms with Crippen molar-refractivity contribution in [2.75, 3.05) is 7.11 Å². The fourth-order valence-corrected chi connectivity index (χ4v) is 1.64. The molecule has 0 amide bonds. The molecule has 0 bridgehead atoms. The Bertz CT molecular complexity index is 203. The number of ether oxygens (including phenoxy) is 1. The van der Waals surface area contributed by atoms with Gasteiger partial charge >= 0.3 is 5.97 Å². The minimum absolute atomic E-state index is 0.221. The first kappa shape index (κ1) is 10.1. The second kappa shape index (κ2) is 4.87. The number of carboxylic acid groups (broad SMARTS) is 1. The molecule has 2 N–H and O–H groups in total. The number of carbonyl (C=O) groups is 1. The van der Waals surface area contributed by atoms with Gasteiger partial charge in [-0.15, -0.1) is 0 Å². The minimum Gasteiger partial charge on any atom is -0.478 e. The van der Waals surface area contributed by atoms with Crippen molar-refractivity contribution < 1.29 is 14.6 Å². The van der Waals surface area contributed by atoms with Gasteiger partial charge in [-0.25, -0.2) is 4.79 Å². The van der Waals surface area contributed by atoms with E-state index >= 15 is 0 Å². The Morgan fingerprint density at radius 3 is 3.00 bits per heavy atom. The van der Waals surface area contributed by atoms with Gasteiger partial charge in [-0.3, -0.25) is 0 Å². The zero-order valence-electron chi connectivity index (χ0n) is 7.69. The number of methoxy groups -OCH3 is 1. The van der Waals surface area contributed by atoms with Crippen molar-refractivity contribution in [1.29, 1.82) is 0 Å². The van der Waals surface area contributed by atoms with E-state index in [1.807, 2.05) is 0 Å². The van der Waals surface area contributed by atoms with Gasteiger partial charge in [0.25, 0.3) is 0 Å². The third kappa shape index (κ3) is 3.06. The van der Waals surface area contributed by atoms with Crippen LogP contribution in [0.4, 0.5) is 0 Å². The molecule has 0 aromatic rings. The predicted octanol–water partition coefficient (Wildman–Crippen LogP) is 0.742. The van der Waals surface area contributed by atoms with Gasteiger partial charge in [0.05, 0.1) is 12.1 Å². The molecular weight excluding hydrogens is 170 g/mol. The highest BCUT2D eigenvalue weighted by molar-refractivity contribution is 5.79. The van der Waals surface area contributed by atoms with Gasteiger partial charge < -0.3 is 15.2 Å². The largest absolute Gasteiger partial charge is 0.478 e. The van der Waals surface area contributed by atoms with E-state index in [2.05, 4.69) is 5.32 Å². The average molecular weight is 185 g/mol. The maximum Gasteiger partial charge on any atom is 0.329 e. The summed E-state index contributed by atoms with van der Waals surface area (Å²) in [4.78, 5) is 10.2. The first-order valence-electron chi connectivity index (χ1n) is 4.42. The summed E-state index contributed by atoms with van der Waals surface area (Å²) in [6.45, 7) is 0. The summed E-state index contributed by atoms with van der Waals surface area (Å²) in [7, 11) is 1.69. The molecule has 0 aromatic heterocycles. The van der Waals surface area contributed by atoms with Gasteiger partial charge in [0.15, 0.2) is 0 Å². The fraction of sp³-hybridized carbons (Fsp3) is 0.667. The number of hydrogen-bond acceptors (Lipinski definition) is 3. The van der Waals surface area contributed by atoms with Crippen LogP contribution < -0.4 is 5.32 Å². The van der Waals surface area contributed by atoms with E-state index in [9.17, 15) is 4.79 Å². The second-order valence-corrected chi connectivity index (χ2v) is 3.15. The Hall–Kier alpha value is -1.03. The lowest BCUT2D eigenvalue weighted by Gasteiger charge is -2.17. The van der Waals surface area contributed by atoms with Crippen molar-refractivity contribution in [3.8, 4) is 0 Å². The van der Waals surface area contributed by atoms with Crippen LogP contribution in [0.5, 0.6) is 0 Å². The SMILES string of the molecule is COC1CCCC1N/C=C/C(=O)O. The summed E-state index contributed by atoms with van der Waals surface area (Å²) in [6, 6.07) is 0.264. The topological polar surface area (TPSA) is 58.6 Å². The molecule has 1 aliphatic carbocycles. The zero-order chi connectivity index (χ0) is 9.68. The third-order valence-electron chi connectivity index (χ3n) is 2.29. The van der Waals surface area contributed by atoms with Crippen LogP contribution in [-0.2, 0) is 9.53 Å². The molecule has 0 aliphatic heterocycles. The van der Waals surface area contributed by atoms with Crippen LogP contribution in [-0.4, -0.2) is 30.3 Å². The van der Waals surface area contributed by atoms with E-state index in [-0.39, 0.29) is 12.1 Å². The van der Waals surface area contributed by atoms with Gasteiger partial charge in [-0.2, -0.15) is 0 Å². The Morgan fingerprint density at radius 2 is 2.38 bits per heavy atom. The molecule has 1 fully saturated rings. The lowest BCUT2D eigenvalue weighted by atomic mass is 10.2. The number of hydrogen-bond donors (Lipinski definition) is 2. The Kier molecular flexibility index (Phi) is 3.76. The van der Waals surface area contributed by atoms with Gasteiger partial charge in [0, 0.05) is 19.4 Å². The number of carboxylic acids is 1.